The van der Waals surface area contributed by atoms with Crippen LogP contribution in [0.4, 0.5) is 5.69 Å². The Balaban J connectivity index is 1.82. The topological polar surface area (TPSA) is 32.3 Å². The minimum Gasteiger partial charge on any atom is -0.335 e. The number of fused-ring (bicyclic) bond motifs is 3. The molecule has 0 aliphatic carbocycles. The first kappa shape index (κ1) is 15.5. The van der Waals surface area contributed by atoms with Crippen LogP contribution in [0.3, 0.4) is 0 Å². The number of para-hydroxylation sites is 1. The van der Waals surface area contributed by atoms with Crippen LogP contribution in [0.15, 0.2) is 59.1 Å². The Bertz CT molecular complexity index is 841. The first-order valence-corrected chi connectivity index (χ1v) is 8.86. The van der Waals surface area contributed by atoms with Gasteiger partial charge in [-0.1, -0.05) is 66.2 Å². The molecule has 4 heteroatoms. The van der Waals surface area contributed by atoms with E-state index in [1.54, 1.807) is 0 Å². The lowest BCUT2D eigenvalue weighted by Crippen LogP contribution is -2.58. The molecular weight excluding hydrogens is 364 g/mol. The Kier molecular flexibility index (Phi) is 3.36. The van der Waals surface area contributed by atoms with E-state index in [0.29, 0.717) is 6.54 Å². The van der Waals surface area contributed by atoms with E-state index in [0.717, 1.165) is 15.7 Å². The first-order valence-electron chi connectivity index (χ1n) is 8.07. The number of nitrogens with zero attached hydrogens (tertiary/aromatic N) is 1. The van der Waals surface area contributed by atoms with Crippen LogP contribution in [-0.2, 0) is 10.2 Å². The lowest BCUT2D eigenvalue weighted by Gasteiger charge is -2.40. The quantitative estimate of drug-likeness (QED) is 0.848. The molecule has 1 fully saturated rings. The average molecular weight is 383 g/mol. The van der Waals surface area contributed by atoms with Crippen LogP contribution in [0.25, 0.3) is 6.08 Å². The van der Waals surface area contributed by atoms with Gasteiger partial charge in [0.05, 0.1) is 6.54 Å². The Morgan fingerprint density at radius 1 is 1.12 bits per heavy atom. The molecule has 0 unspecified atom stereocenters. The van der Waals surface area contributed by atoms with Gasteiger partial charge < -0.3 is 10.2 Å². The molecule has 2 aliphatic heterocycles. The first-order chi connectivity index (χ1) is 11.4. The maximum Gasteiger partial charge on any atom is 0.241 e. The number of amides is 1. The molecule has 0 saturated carbocycles. The van der Waals surface area contributed by atoms with Crippen LogP contribution in [-0.4, -0.2) is 18.1 Å². The predicted molar refractivity (Wildman–Crippen MR) is 101 cm³/mol. The summed E-state index contributed by atoms with van der Waals surface area (Å²) in [5.41, 5.74) is 2.77. The van der Waals surface area contributed by atoms with Crippen molar-refractivity contribution >= 4 is 33.6 Å². The Hall–Kier alpha value is -2.07. The minimum absolute atomic E-state index is 0.0676. The highest BCUT2D eigenvalue weighted by Gasteiger charge is 2.59. The van der Waals surface area contributed by atoms with Crippen molar-refractivity contribution in [3.8, 4) is 0 Å². The van der Waals surface area contributed by atoms with Crippen molar-refractivity contribution in [3.63, 3.8) is 0 Å². The van der Waals surface area contributed by atoms with Crippen molar-refractivity contribution in [1.82, 2.24) is 5.32 Å². The molecule has 0 radical (unpaired) electrons. The Labute approximate surface area is 150 Å². The summed E-state index contributed by atoms with van der Waals surface area (Å²) in [4.78, 5) is 14.4. The van der Waals surface area contributed by atoms with E-state index >= 15 is 0 Å². The van der Waals surface area contributed by atoms with Crippen LogP contribution in [0.1, 0.15) is 25.0 Å². The highest BCUT2D eigenvalue weighted by Crippen LogP contribution is 2.52. The third-order valence-electron chi connectivity index (χ3n) is 5.27. The Morgan fingerprint density at radius 2 is 1.83 bits per heavy atom. The maximum atomic E-state index is 12.2. The van der Waals surface area contributed by atoms with Gasteiger partial charge in [-0.05, 0) is 35.4 Å². The number of hydrogen-bond acceptors (Lipinski definition) is 2. The van der Waals surface area contributed by atoms with Crippen molar-refractivity contribution in [1.29, 1.82) is 0 Å². The summed E-state index contributed by atoms with van der Waals surface area (Å²) in [6.07, 6.45) is 4.24. The lowest BCUT2D eigenvalue weighted by molar-refractivity contribution is -0.118. The largest absolute Gasteiger partial charge is 0.335 e. The molecule has 0 bridgehead atoms. The molecule has 3 nitrogen and oxygen atoms in total. The van der Waals surface area contributed by atoms with Gasteiger partial charge in [-0.3, -0.25) is 4.79 Å². The molecule has 2 aromatic carbocycles. The number of benzene rings is 2. The molecular formula is C20H19BrN2O. The Morgan fingerprint density at radius 3 is 2.58 bits per heavy atom. The fraction of sp³-hybridized carbons (Fsp3) is 0.250. The zero-order chi connectivity index (χ0) is 16.9. The average Bonchev–Trinajstić information content (AvgIpc) is 2.99. The molecule has 2 heterocycles. The van der Waals surface area contributed by atoms with Gasteiger partial charge in [-0.25, -0.2) is 0 Å². The lowest BCUT2D eigenvalue weighted by atomic mass is 9.75. The van der Waals surface area contributed by atoms with Crippen molar-refractivity contribution in [2.24, 2.45) is 0 Å². The molecule has 2 aromatic rings. The van der Waals surface area contributed by atoms with Crippen molar-refractivity contribution in [2.45, 2.75) is 24.9 Å². The van der Waals surface area contributed by atoms with Crippen LogP contribution >= 0.6 is 15.9 Å². The van der Waals surface area contributed by atoms with Gasteiger partial charge >= 0.3 is 0 Å². The van der Waals surface area contributed by atoms with Gasteiger partial charge in [-0.2, -0.15) is 0 Å². The second-order valence-corrected chi connectivity index (χ2v) is 7.84. The van der Waals surface area contributed by atoms with Gasteiger partial charge in [0.2, 0.25) is 5.91 Å². The molecule has 1 amide bonds. The molecule has 1 N–H and O–H groups in total. The number of rotatable bonds is 2. The normalized spacial score (nSPS) is 24.1. The van der Waals surface area contributed by atoms with Crippen LogP contribution < -0.4 is 10.2 Å². The monoisotopic (exact) mass is 382 g/mol. The summed E-state index contributed by atoms with van der Waals surface area (Å²) >= 11 is 3.46. The van der Waals surface area contributed by atoms with Gasteiger partial charge in [0.25, 0.3) is 0 Å². The smallest absolute Gasteiger partial charge is 0.241 e. The highest BCUT2D eigenvalue weighted by atomic mass is 79.9. The second kappa shape index (κ2) is 5.21. The van der Waals surface area contributed by atoms with E-state index < -0.39 is 5.66 Å². The van der Waals surface area contributed by atoms with Crippen molar-refractivity contribution in [3.05, 3.63) is 70.2 Å². The van der Waals surface area contributed by atoms with E-state index in [9.17, 15) is 4.79 Å². The molecule has 0 spiro atoms. The zero-order valence-electron chi connectivity index (χ0n) is 13.7. The van der Waals surface area contributed by atoms with Gasteiger partial charge in [0.1, 0.15) is 5.66 Å². The summed E-state index contributed by atoms with van der Waals surface area (Å²) in [6.45, 7) is 4.79. The molecule has 24 heavy (non-hydrogen) atoms. The number of carbonyl (C=O) groups excluding carboxylic acids is 1. The van der Waals surface area contributed by atoms with Crippen LogP contribution in [0.2, 0.25) is 0 Å². The summed E-state index contributed by atoms with van der Waals surface area (Å²) in [6, 6.07) is 16.5. The number of halogens is 1. The fourth-order valence-electron chi connectivity index (χ4n) is 3.93. The number of hydrogen-bond donors (Lipinski definition) is 1. The van der Waals surface area contributed by atoms with Crippen molar-refractivity contribution < 1.29 is 4.79 Å². The molecule has 122 valence electrons. The van der Waals surface area contributed by atoms with Gasteiger partial charge in [-0.15, -0.1) is 0 Å². The SMILES string of the molecule is CC1(C)c2ccccc2N2CC(=O)N[C@@]21C=Cc1ccc(Br)cc1. The third kappa shape index (κ3) is 2.06. The minimum atomic E-state index is -0.527. The summed E-state index contributed by atoms with van der Waals surface area (Å²) < 4.78 is 1.06. The summed E-state index contributed by atoms with van der Waals surface area (Å²) in [7, 11) is 0. The van der Waals surface area contributed by atoms with E-state index in [4.69, 9.17) is 0 Å². The van der Waals surface area contributed by atoms with Crippen molar-refractivity contribution in [2.75, 3.05) is 11.4 Å². The standard InChI is InChI=1S/C20H19BrN2O/c1-19(2)16-5-3-4-6-17(16)23-13-18(24)22-20(19,23)12-11-14-7-9-15(21)10-8-14/h3-12H,13H2,1-2H3,(H,22,24)/t20-/m0/s1. The van der Waals surface area contributed by atoms with Gasteiger partial charge in [0, 0.05) is 15.6 Å². The number of carbonyl (C=O) groups is 1. The van der Waals surface area contributed by atoms with E-state index in [2.05, 4.69) is 82.5 Å². The third-order valence-corrected chi connectivity index (χ3v) is 5.79. The summed E-state index contributed by atoms with van der Waals surface area (Å²) in [5.74, 6) is 0.0676. The van der Waals surface area contributed by atoms with E-state index in [-0.39, 0.29) is 11.3 Å². The highest BCUT2D eigenvalue weighted by molar-refractivity contribution is 9.10. The molecule has 4 rings (SSSR count). The van der Waals surface area contributed by atoms with Crippen LogP contribution in [0, 0.1) is 0 Å². The van der Waals surface area contributed by atoms with Gasteiger partial charge in [0.15, 0.2) is 0 Å². The van der Waals surface area contributed by atoms with Crippen LogP contribution in [0.5, 0.6) is 0 Å². The predicted octanol–water partition coefficient (Wildman–Crippen LogP) is 4.09. The molecule has 1 atom stereocenters. The van der Waals surface area contributed by atoms with E-state index in [1.807, 2.05) is 18.2 Å². The zero-order valence-corrected chi connectivity index (χ0v) is 15.3. The fourth-order valence-corrected chi connectivity index (χ4v) is 4.19. The number of nitrogens with one attached hydrogen (secondary N) is 1. The molecule has 1 saturated heterocycles. The molecule has 0 aromatic heterocycles. The summed E-state index contributed by atoms with van der Waals surface area (Å²) in [5, 5.41) is 3.24. The second-order valence-electron chi connectivity index (χ2n) is 6.93. The maximum absolute atomic E-state index is 12.2. The molecule has 2 aliphatic rings. The van der Waals surface area contributed by atoms with E-state index in [1.165, 1.54) is 5.56 Å². The number of anilines is 1.